The fraction of sp³-hybridized carbons (Fsp3) is 0.129. The van der Waals surface area contributed by atoms with E-state index in [0.29, 0.717) is 16.3 Å². The summed E-state index contributed by atoms with van der Waals surface area (Å²) in [6.45, 7) is 4.07. The van der Waals surface area contributed by atoms with Crippen LogP contribution in [0.2, 0.25) is 0 Å². The van der Waals surface area contributed by atoms with E-state index in [2.05, 4.69) is 21.2 Å². The Kier molecular flexibility index (Phi) is 7.86. The van der Waals surface area contributed by atoms with Crippen molar-refractivity contribution in [2.75, 3.05) is 11.9 Å². The van der Waals surface area contributed by atoms with Gasteiger partial charge in [0.2, 0.25) is 0 Å². The van der Waals surface area contributed by atoms with E-state index in [9.17, 15) is 14.4 Å². The van der Waals surface area contributed by atoms with Crippen LogP contribution in [0, 0.1) is 13.8 Å². The summed E-state index contributed by atoms with van der Waals surface area (Å²) >= 11 is 4.41. The molecular weight excluding hydrogens is 576 g/mol. The zero-order valence-electron chi connectivity index (χ0n) is 21.4. The van der Waals surface area contributed by atoms with E-state index in [0.717, 1.165) is 49.3 Å². The van der Waals surface area contributed by atoms with Crippen molar-refractivity contribution in [2.24, 2.45) is 0 Å². The molecular formula is C31H25BrN2O4S. The van der Waals surface area contributed by atoms with Crippen LogP contribution in [0.15, 0.2) is 88.2 Å². The van der Waals surface area contributed by atoms with Crippen molar-refractivity contribution in [1.29, 1.82) is 0 Å². The Labute approximate surface area is 239 Å². The number of nitrogens with one attached hydrogen (secondary N) is 1. The van der Waals surface area contributed by atoms with Crippen molar-refractivity contribution in [2.45, 2.75) is 20.4 Å². The molecule has 1 N–H and O–H groups in total. The maximum Gasteiger partial charge on any atom is 0.293 e. The van der Waals surface area contributed by atoms with Crippen LogP contribution in [0.5, 0.6) is 5.75 Å². The van der Waals surface area contributed by atoms with E-state index < -0.39 is 0 Å². The zero-order chi connectivity index (χ0) is 27.5. The number of imide groups is 1. The van der Waals surface area contributed by atoms with Gasteiger partial charge in [-0.3, -0.25) is 19.3 Å². The number of amides is 3. The first-order chi connectivity index (χ1) is 18.8. The Morgan fingerprint density at radius 2 is 1.67 bits per heavy atom. The lowest BCUT2D eigenvalue weighted by Gasteiger charge is -2.13. The number of aryl methyl sites for hydroxylation is 2. The van der Waals surface area contributed by atoms with E-state index in [1.165, 1.54) is 4.90 Å². The Bertz CT molecular complexity index is 1630. The number of carbonyl (C=O) groups is 3. The smallest absolute Gasteiger partial charge is 0.293 e. The van der Waals surface area contributed by atoms with Crippen LogP contribution >= 0.6 is 27.7 Å². The number of hydrogen-bond donors (Lipinski definition) is 1. The molecule has 0 saturated carbocycles. The summed E-state index contributed by atoms with van der Waals surface area (Å²) in [4.78, 5) is 39.6. The first-order valence-corrected chi connectivity index (χ1v) is 13.9. The van der Waals surface area contributed by atoms with E-state index >= 15 is 0 Å². The number of halogens is 1. The SMILES string of the molecule is Cc1cc(Br)c(NC(=O)COc2ccc(/C=C3/SC(=O)N(Cc4ccc5ccccc5c4)C3=O)cc2)cc1C. The molecule has 1 aliphatic rings. The molecule has 3 amide bonds. The number of ether oxygens (including phenoxy) is 1. The van der Waals surface area contributed by atoms with Gasteiger partial charge in [-0.05, 0) is 111 Å². The highest BCUT2D eigenvalue weighted by Gasteiger charge is 2.35. The molecule has 39 heavy (non-hydrogen) atoms. The first kappa shape index (κ1) is 26.7. The lowest BCUT2D eigenvalue weighted by atomic mass is 10.1. The van der Waals surface area contributed by atoms with Crippen LogP contribution in [-0.2, 0) is 16.1 Å². The number of benzene rings is 4. The fourth-order valence-electron chi connectivity index (χ4n) is 4.18. The number of fused-ring (bicyclic) bond motifs is 1. The molecule has 1 aliphatic heterocycles. The van der Waals surface area contributed by atoms with Crippen LogP contribution in [0.25, 0.3) is 16.8 Å². The maximum atomic E-state index is 13.0. The molecule has 4 aromatic carbocycles. The van der Waals surface area contributed by atoms with E-state index in [1.807, 2.05) is 68.4 Å². The maximum absolute atomic E-state index is 13.0. The molecule has 0 aliphatic carbocycles. The number of rotatable bonds is 7. The largest absolute Gasteiger partial charge is 0.484 e. The van der Waals surface area contributed by atoms with Crippen LogP contribution in [0.1, 0.15) is 22.3 Å². The molecule has 0 unspecified atom stereocenters. The van der Waals surface area contributed by atoms with Gasteiger partial charge in [0.1, 0.15) is 5.75 Å². The highest BCUT2D eigenvalue weighted by atomic mass is 79.9. The van der Waals surface area contributed by atoms with Crippen molar-refractivity contribution in [1.82, 2.24) is 4.90 Å². The quantitative estimate of drug-likeness (QED) is 0.223. The lowest BCUT2D eigenvalue weighted by Crippen LogP contribution is -2.27. The van der Waals surface area contributed by atoms with Crippen LogP contribution < -0.4 is 10.1 Å². The highest BCUT2D eigenvalue weighted by Crippen LogP contribution is 2.34. The summed E-state index contributed by atoms with van der Waals surface area (Å²) in [6.07, 6.45) is 1.69. The standard InChI is InChI=1S/C31H25BrN2O4S/c1-19-13-26(32)27(14-20(19)2)33-29(35)18-38-25-11-8-21(9-12-25)16-28-30(36)34(31(37)39-28)17-22-7-10-23-5-3-4-6-24(23)15-22/h3-16H,17-18H2,1-2H3,(H,33,35)/b28-16+. The number of hydrogen-bond acceptors (Lipinski definition) is 5. The molecule has 1 fully saturated rings. The summed E-state index contributed by atoms with van der Waals surface area (Å²) in [5.74, 6) is -0.0679. The summed E-state index contributed by atoms with van der Waals surface area (Å²) in [5, 5.41) is 4.73. The minimum Gasteiger partial charge on any atom is -0.484 e. The van der Waals surface area contributed by atoms with E-state index in [-0.39, 0.29) is 30.2 Å². The third-order valence-electron chi connectivity index (χ3n) is 6.43. The molecule has 5 rings (SSSR count). The molecule has 0 spiro atoms. The second-order valence-corrected chi connectivity index (χ2v) is 11.1. The van der Waals surface area contributed by atoms with Gasteiger partial charge in [-0.1, -0.05) is 48.5 Å². The number of nitrogens with zero attached hydrogens (tertiary/aromatic N) is 1. The molecule has 0 atom stereocenters. The second-order valence-electron chi connectivity index (χ2n) is 9.27. The van der Waals surface area contributed by atoms with Crippen molar-refractivity contribution in [3.63, 3.8) is 0 Å². The van der Waals surface area contributed by atoms with Gasteiger partial charge in [-0.2, -0.15) is 0 Å². The molecule has 0 bridgehead atoms. The average molecular weight is 602 g/mol. The van der Waals surface area contributed by atoms with Gasteiger partial charge in [-0.15, -0.1) is 0 Å². The Balaban J connectivity index is 1.19. The number of anilines is 1. The van der Waals surface area contributed by atoms with Crippen molar-refractivity contribution < 1.29 is 19.1 Å². The van der Waals surface area contributed by atoms with Gasteiger partial charge in [-0.25, -0.2) is 0 Å². The average Bonchev–Trinajstić information content (AvgIpc) is 3.18. The van der Waals surface area contributed by atoms with Crippen molar-refractivity contribution in [3.05, 3.63) is 110 Å². The third-order valence-corrected chi connectivity index (χ3v) is 8.00. The van der Waals surface area contributed by atoms with Crippen molar-refractivity contribution >= 4 is 67.3 Å². The minimum absolute atomic E-state index is 0.146. The molecule has 196 valence electrons. The molecule has 4 aromatic rings. The molecule has 8 heteroatoms. The normalized spacial score (nSPS) is 14.3. The van der Waals surface area contributed by atoms with Gasteiger partial charge in [0, 0.05) is 4.47 Å². The monoisotopic (exact) mass is 600 g/mol. The predicted octanol–water partition coefficient (Wildman–Crippen LogP) is 7.47. The zero-order valence-corrected chi connectivity index (χ0v) is 23.8. The summed E-state index contributed by atoms with van der Waals surface area (Å²) in [7, 11) is 0. The topological polar surface area (TPSA) is 75.7 Å². The van der Waals surface area contributed by atoms with Crippen LogP contribution in [0.3, 0.4) is 0 Å². The van der Waals surface area contributed by atoms with Crippen LogP contribution in [0.4, 0.5) is 10.5 Å². The van der Waals surface area contributed by atoms with Crippen LogP contribution in [-0.4, -0.2) is 28.6 Å². The summed E-state index contributed by atoms with van der Waals surface area (Å²) in [6, 6.07) is 24.8. The third kappa shape index (κ3) is 6.24. The van der Waals surface area contributed by atoms with E-state index in [1.54, 1.807) is 30.3 Å². The summed E-state index contributed by atoms with van der Waals surface area (Å²) < 4.78 is 6.44. The molecule has 0 aromatic heterocycles. The van der Waals surface area contributed by atoms with Gasteiger partial charge >= 0.3 is 0 Å². The summed E-state index contributed by atoms with van der Waals surface area (Å²) in [5.41, 5.74) is 4.55. The minimum atomic E-state index is -0.312. The van der Waals surface area contributed by atoms with Gasteiger partial charge in [0.15, 0.2) is 6.61 Å². The highest BCUT2D eigenvalue weighted by molar-refractivity contribution is 9.10. The first-order valence-electron chi connectivity index (χ1n) is 12.3. The lowest BCUT2D eigenvalue weighted by molar-refractivity contribution is -0.123. The van der Waals surface area contributed by atoms with Crippen molar-refractivity contribution in [3.8, 4) is 5.75 Å². The Morgan fingerprint density at radius 1 is 0.949 bits per heavy atom. The Hall–Kier alpha value is -3.88. The van der Waals surface area contributed by atoms with Gasteiger partial charge in [0.25, 0.3) is 17.1 Å². The number of thioether (sulfide) groups is 1. The van der Waals surface area contributed by atoms with E-state index in [4.69, 9.17) is 4.74 Å². The molecule has 1 heterocycles. The molecule has 1 saturated heterocycles. The molecule has 0 radical (unpaired) electrons. The molecule has 6 nitrogen and oxygen atoms in total. The Morgan fingerprint density at radius 3 is 2.44 bits per heavy atom. The predicted molar refractivity (Wildman–Crippen MR) is 160 cm³/mol. The van der Waals surface area contributed by atoms with Gasteiger partial charge in [0.05, 0.1) is 17.1 Å². The number of carbonyl (C=O) groups excluding carboxylic acids is 3. The fourth-order valence-corrected chi connectivity index (χ4v) is 5.57. The second kappa shape index (κ2) is 11.5. The van der Waals surface area contributed by atoms with Gasteiger partial charge < -0.3 is 10.1 Å².